The molecule has 36 heavy (non-hydrogen) atoms. The number of fused-ring (bicyclic) bond motifs is 1. The van der Waals surface area contributed by atoms with Crippen molar-refractivity contribution in [3.8, 4) is 0 Å². The first-order valence-corrected chi connectivity index (χ1v) is 14.3. The summed E-state index contributed by atoms with van der Waals surface area (Å²) in [6.45, 7) is 0.913. The number of rotatable bonds is 8. The Hall–Kier alpha value is -1.21. The molecule has 198 valence electrons. The molecule has 1 N–H and O–H groups in total. The van der Waals surface area contributed by atoms with Gasteiger partial charge in [-0.3, -0.25) is 14.1 Å². The van der Waals surface area contributed by atoms with Crippen LogP contribution in [-0.2, 0) is 33.9 Å². The Balaban J connectivity index is 1.46. The number of carbonyl (C=O) groups is 3. The van der Waals surface area contributed by atoms with E-state index in [1.807, 2.05) is 35.6 Å². The Morgan fingerprint density at radius 3 is 2.58 bits per heavy atom. The number of aryl methyl sites for hydroxylation is 1. The standard InChI is InChI=1S/C21H19F3I2O9S/c1-7-4-8(25)5-11(15(7)26)18(27)34-16-9-6-10-14(20(29)35-17(10)16)13(9)19(28)33-3-2-12(22)21(23,24)36(30,31)32/h4-5,9-10,12-14,16-17H,2-3,6H2,1H3,(H,30,31,32). The lowest BCUT2D eigenvalue weighted by atomic mass is 9.78. The first kappa shape index (κ1) is 27.8. The van der Waals surface area contributed by atoms with Gasteiger partial charge in [0.05, 0.1) is 24.0 Å². The second-order valence-corrected chi connectivity index (χ2v) is 12.8. The maximum Gasteiger partial charge on any atom is 0.400 e. The van der Waals surface area contributed by atoms with Crippen molar-refractivity contribution in [2.75, 3.05) is 6.61 Å². The van der Waals surface area contributed by atoms with Crippen molar-refractivity contribution < 1.29 is 54.7 Å². The molecule has 4 rings (SSSR count). The summed E-state index contributed by atoms with van der Waals surface area (Å²) in [4.78, 5) is 38.2. The van der Waals surface area contributed by atoms with Crippen LogP contribution < -0.4 is 0 Å². The molecule has 1 heterocycles. The molecular formula is C21H19F3I2O9S. The van der Waals surface area contributed by atoms with Crippen molar-refractivity contribution in [2.45, 2.75) is 43.4 Å². The molecule has 0 spiro atoms. The number of esters is 3. The SMILES string of the molecule is Cc1cc(I)cc(C(=O)OC2C3CC4C2OC(=O)C4C3C(=O)OCCC(F)C(F)(F)S(=O)(=O)O)c1I. The van der Waals surface area contributed by atoms with Crippen LogP contribution in [0.1, 0.15) is 28.8 Å². The van der Waals surface area contributed by atoms with Gasteiger partial charge in [0.25, 0.3) is 0 Å². The van der Waals surface area contributed by atoms with Gasteiger partial charge in [-0.2, -0.15) is 17.2 Å². The molecular weight excluding hydrogens is 739 g/mol. The molecule has 2 aliphatic carbocycles. The topological polar surface area (TPSA) is 133 Å². The van der Waals surface area contributed by atoms with Crippen molar-refractivity contribution in [1.82, 2.24) is 0 Å². The summed E-state index contributed by atoms with van der Waals surface area (Å²) in [6, 6.07) is 3.54. The van der Waals surface area contributed by atoms with E-state index in [0.717, 1.165) is 9.13 Å². The third-order valence-electron chi connectivity index (χ3n) is 6.82. The van der Waals surface area contributed by atoms with Crippen LogP contribution in [0.4, 0.5) is 13.2 Å². The third kappa shape index (κ3) is 4.72. The van der Waals surface area contributed by atoms with Crippen molar-refractivity contribution in [1.29, 1.82) is 0 Å². The lowest BCUT2D eigenvalue weighted by molar-refractivity contribution is -0.157. The number of carbonyl (C=O) groups excluding carboxylic acids is 3. The smallest absolute Gasteiger partial charge is 0.400 e. The molecule has 1 saturated heterocycles. The first-order valence-electron chi connectivity index (χ1n) is 10.7. The zero-order valence-electron chi connectivity index (χ0n) is 18.3. The Labute approximate surface area is 230 Å². The van der Waals surface area contributed by atoms with Gasteiger partial charge in [-0.05, 0) is 76.2 Å². The largest absolute Gasteiger partial charge is 0.465 e. The third-order valence-corrected chi connectivity index (χ3v) is 9.82. The first-order chi connectivity index (χ1) is 16.6. The molecule has 2 saturated carbocycles. The van der Waals surface area contributed by atoms with Crippen molar-refractivity contribution in [3.63, 3.8) is 0 Å². The highest BCUT2D eigenvalue weighted by atomic mass is 127. The highest BCUT2D eigenvalue weighted by Gasteiger charge is 2.70. The average Bonchev–Trinajstić information content (AvgIpc) is 3.39. The summed E-state index contributed by atoms with van der Waals surface area (Å²) in [5.41, 5.74) is 1.18. The van der Waals surface area contributed by atoms with Crippen LogP contribution in [0.5, 0.6) is 0 Å². The average molecular weight is 758 g/mol. The molecule has 15 heteroatoms. The van der Waals surface area contributed by atoms with Gasteiger partial charge < -0.3 is 14.2 Å². The number of alkyl halides is 3. The zero-order chi connectivity index (χ0) is 26.7. The number of halogens is 5. The second kappa shape index (κ2) is 9.83. The van der Waals surface area contributed by atoms with Gasteiger partial charge in [0.2, 0.25) is 0 Å². The van der Waals surface area contributed by atoms with Crippen LogP contribution in [0.3, 0.4) is 0 Å². The minimum atomic E-state index is -6.00. The predicted molar refractivity (Wildman–Crippen MR) is 131 cm³/mol. The van der Waals surface area contributed by atoms with Gasteiger partial charge in [-0.25, -0.2) is 9.18 Å². The van der Waals surface area contributed by atoms with Gasteiger partial charge in [-0.15, -0.1) is 0 Å². The molecule has 3 aliphatic rings. The quantitative estimate of drug-likeness (QED) is 0.184. The van der Waals surface area contributed by atoms with Gasteiger partial charge in [0.1, 0.15) is 12.2 Å². The van der Waals surface area contributed by atoms with Crippen LogP contribution in [-0.4, -0.2) is 61.1 Å². The van der Waals surface area contributed by atoms with Crippen molar-refractivity contribution >= 4 is 73.2 Å². The lowest BCUT2D eigenvalue weighted by Crippen LogP contribution is -2.44. The highest BCUT2D eigenvalue weighted by molar-refractivity contribution is 14.1. The Kier molecular flexibility index (Phi) is 7.60. The van der Waals surface area contributed by atoms with Gasteiger partial charge in [0, 0.05) is 25.4 Å². The summed E-state index contributed by atoms with van der Waals surface area (Å²) < 4.78 is 87.8. The molecule has 2 bridgehead atoms. The monoisotopic (exact) mass is 758 g/mol. The van der Waals surface area contributed by atoms with Crippen LogP contribution in [0, 0.1) is 37.7 Å². The van der Waals surface area contributed by atoms with E-state index in [2.05, 4.69) is 22.6 Å². The maximum atomic E-state index is 13.7. The van der Waals surface area contributed by atoms with Crippen LogP contribution in [0.2, 0.25) is 0 Å². The summed E-state index contributed by atoms with van der Waals surface area (Å²) in [5, 5.41) is -5.07. The molecule has 0 aromatic heterocycles. The number of benzene rings is 1. The fourth-order valence-corrected chi connectivity index (χ4v) is 6.97. The Morgan fingerprint density at radius 2 is 1.94 bits per heavy atom. The molecule has 9 nitrogen and oxygen atoms in total. The number of hydrogen-bond acceptors (Lipinski definition) is 8. The van der Waals surface area contributed by atoms with E-state index in [1.54, 1.807) is 6.07 Å². The molecule has 1 aliphatic heterocycles. The molecule has 0 radical (unpaired) electrons. The van der Waals surface area contributed by atoms with E-state index < -0.39 is 88.4 Å². The number of hydrogen-bond donors (Lipinski definition) is 1. The lowest BCUT2D eigenvalue weighted by Gasteiger charge is -2.30. The van der Waals surface area contributed by atoms with Crippen molar-refractivity contribution in [2.24, 2.45) is 23.7 Å². The number of ether oxygens (including phenoxy) is 3. The zero-order valence-corrected chi connectivity index (χ0v) is 23.5. The fourth-order valence-electron chi connectivity index (χ4n) is 5.22. The molecule has 3 fully saturated rings. The summed E-state index contributed by atoms with van der Waals surface area (Å²) in [6.07, 6.45) is -5.87. The summed E-state index contributed by atoms with van der Waals surface area (Å²) >= 11 is 4.08. The fraction of sp³-hybridized carbons (Fsp3) is 0.571. The predicted octanol–water partition coefficient (Wildman–Crippen LogP) is 3.29. The van der Waals surface area contributed by atoms with Crippen LogP contribution >= 0.6 is 45.2 Å². The molecule has 1 aromatic carbocycles. The Morgan fingerprint density at radius 1 is 1.28 bits per heavy atom. The normalized spacial score (nSPS) is 29.7. The molecule has 0 amide bonds. The van der Waals surface area contributed by atoms with E-state index in [9.17, 15) is 36.0 Å². The van der Waals surface area contributed by atoms with Crippen LogP contribution in [0.25, 0.3) is 0 Å². The van der Waals surface area contributed by atoms with E-state index in [1.165, 1.54) is 0 Å². The minimum Gasteiger partial charge on any atom is -0.465 e. The Bertz CT molecular complexity index is 1230. The molecule has 7 unspecified atom stereocenters. The highest BCUT2D eigenvalue weighted by Crippen LogP contribution is 2.59. The second-order valence-electron chi connectivity index (χ2n) is 8.93. The van der Waals surface area contributed by atoms with Gasteiger partial charge in [-0.1, -0.05) is 0 Å². The van der Waals surface area contributed by atoms with Gasteiger partial charge >= 0.3 is 33.3 Å². The maximum absolute atomic E-state index is 13.7. The molecule has 1 aromatic rings. The molecule has 7 atom stereocenters. The van der Waals surface area contributed by atoms with Crippen molar-refractivity contribution in [3.05, 3.63) is 30.4 Å². The van der Waals surface area contributed by atoms with E-state index in [0.29, 0.717) is 15.6 Å². The summed E-state index contributed by atoms with van der Waals surface area (Å²) in [7, 11) is -6.00. The summed E-state index contributed by atoms with van der Waals surface area (Å²) in [5.74, 6) is -5.35. The van der Waals surface area contributed by atoms with E-state index in [-0.39, 0.29) is 0 Å². The van der Waals surface area contributed by atoms with Gasteiger partial charge in [0.15, 0.2) is 6.17 Å². The van der Waals surface area contributed by atoms with E-state index >= 15 is 0 Å². The minimum absolute atomic E-state index is 0.316. The van der Waals surface area contributed by atoms with E-state index in [4.69, 9.17) is 18.8 Å². The van der Waals surface area contributed by atoms with Crippen LogP contribution in [0.15, 0.2) is 12.1 Å².